The molecule has 0 N–H and O–H groups in total. The van der Waals surface area contributed by atoms with Gasteiger partial charge in [0, 0.05) is 18.7 Å². The molecular weight excluding hydrogens is 270 g/mol. The quantitative estimate of drug-likeness (QED) is 0.488. The maximum absolute atomic E-state index is 11.2. The van der Waals surface area contributed by atoms with Gasteiger partial charge in [0.1, 0.15) is 18.0 Å². The van der Waals surface area contributed by atoms with Crippen molar-refractivity contribution in [2.24, 2.45) is 0 Å². The molecule has 0 saturated carbocycles. The highest BCUT2D eigenvalue weighted by atomic mass is 16.6. The molecule has 0 unspecified atom stereocenters. The Labute approximate surface area is 121 Å². The topological polar surface area (TPSA) is 87.2 Å². The van der Waals surface area contributed by atoms with Crippen LogP contribution in [0, 0.1) is 21.4 Å². The molecule has 0 aromatic heterocycles. The molecule has 6 nitrogen and oxygen atoms in total. The molecule has 0 amide bonds. The van der Waals surface area contributed by atoms with Gasteiger partial charge in [-0.2, -0.15) is 5.26 Å². The van der Waals surface area contributed by atoms with E-state index < -0.39 is 4.92 Å². The van der Waals surface area contributed by atoms with Crippen LogP contribution in [0.2, 0.25) is 0 Å². The van der Waals surface area contributed by atoms with Gasteiger partial charge in [0.15, 0.2) is 0 Å². The number of para-hydroxylation sites is 1. The van der Waals surface area contributed by atoms with Gasteiger partial charge in [-0.05, 0) is 24.3 Å². The summed E-state index contributed by atoms with van der Waals surface area (Å²) in [6.07, 6.45) is 0.556. The van der Waals surface area contributed by atoms with E-state index in [1.807, 2.05) is 6.07 Å². The summed E-state index contributed by atoms with van der Waals surface area (Å²) in [6.45, 7) is 0. The molecule has 104 valence electrons. The van der Waals surface area contributed by atoms with Gasteiger partial charge in [-0.15, -0.1) is 0 Å². The van der Waals surface area contributed by atoms with Crippen molar-refractivity contribution >= 4 is 23.3 Å². The fourth-order valence-electron chi connectivity index (χ4n) is 2.03. The van der Waals surface area contributed by atoms with Crippen LogP contribution in [0.15, 0.2) is 42.5 Å². The first-order valence-electron chi connectivity index (χ1n) is 6.05. The minimum absolute atomic E-state index is 0.185. The van der Waals surface area contributed by atoms with Crippen molar-refractivity contribution in [2.45, 2.75) is 0 Å². The third kappa shape index (κ3) is 2.72. The van der Waals surface area contributed by atoms with Gasteiger partial charge in [0.2, 0.25) is 0 Å². The second-order valence-electron chi connectivity index (χ2n) is 4.31. The van der Waals surface area contributed by atoms with Crippen molar-refractivity contribution in [3.8, 4) is 6.07 Å². The van der Waals surface area contributed by atoms with Crippen LogP contribution in [-0.4, -0.2) is 18.3 Å². The summed E-state index contributed by atoms with van der Waals surface area (Å²) in [5.41, 5.74) is 1.33. The number of hydrogen-bond donors (Lipinski definition) is 0. The van der Waals surface area contributed by atoms with Crippen LogP contribution >= 0.6 is 0 Å². The summed E-state index contributed by atoms with van der Waals surface area (Å²) in [6, 6.07) is 13.1. The number of carbonyl (C=O) groups is 1. The van der Waals surface area contributed by atoms with E-state index in [1.54, 1.807) is 36.2 Å². The Hall–Kier alpha value is -3.20. The summed E-state index contributed by atoms with van der Waals surface area (Å²) in [7, 11) is 1.64. The van der Waals surface area contributed by atoms with Crippen molar-refractivity contribution in [2.75, 3.05) is 11.9 Å². The molecule has 6 heteroatoms. The van der Waals surface area contributed by atoms with Crippen molar-refractivity contribution < 1.29 is 9.72 Å². The highest BCUT2D eigenvalue weighted by Gasteiger charge is 2.20. The first-order chi connectivity index (χ1) is 10.1. The highest BCUT2D eigenvalue weighted by molar-refractivity contribution is 5.82. The van der Waals surface area contributed by atoms with Gasteiger partial charge in [-0.1, -0.05) is 12.1 Å². The Kier molecular flexibility index (Phi) is 3.95. The minimum atomic E-state index is -0.548. The first kappa shape index (κ1) is 14.2. The van der Waals surface area contributed by atoms with E-state index >= 15 is 0 Å². The lowest BCUT2D eigenvalue weighted by atomic mass is 10.1. The molecule has 0 atom stereocenters. The van der Waals surface area contributed by atoms with Crippen molar-refractivity contribution in [1.82, 2.24) is 0 Å². The van der Waals surface area contributed by atoms with E-state index in [1.165, 1.54) is 18.2 Å². The van der Waals surface area contributed by atoms with Crippen LogP contribution in [0.4, 0.5) is 17.1 Å². The van der Waals surface area contributed by atoms with Crippen molar-refractivity contribution in [1.29, 1.82) is 5.26 Å². The number of carbonyl (C=O) groups excluding carboxylic acids is 1. The predicted octanol–water partition coefficient (Wildman–Crippen LogP) is 3.05. The Morgan fingerprint density at radius 1 is 1.24 bits per heavy atom. The van der Waals surface area contributed by atoms with Gasteiger partial charge >= 0.3 is 0 Å². The number of nitriles is 1. The summed E-state index contributed by atoms with van der Waals surface area (Å²) in [5, 5.41) is 20.3. The molecule has 2 aromatic rings. The lowest BCUT2D eigenvalue weighted by molar-refractivity contribution is -0.384. The molecule has 0 spiro atoms. The molecule has 0 radical (unpaired) electrons. The van der Waals surface area contributed by atoms with E-state index in [-0.39, 0.29) is 11.3 Å². The molecule has 0 aliphatic carbocycles. The van der Waals surface area contributed by atoms with Crippen LogP contribution in [0.3, 0.4) is 0 Å². The molecule has 0 saturated heterocycles. The maximum atomic E-state index is 11.2. The van der Waals surface area contributed by atoms with E-state index in [2.05, 4.69) is 0 Å². The zero-order chi connectivity index (χ0) is 15.4. The lowest BCUT2D eigenvalue weighted by Gasteiger charge is -2.20. The first-order valence-corrected chi connectivity index (χ1v) is 6.05. The molecular formula is C15H11N3O3. The predicted molar refractivity (Wildman–Crippen MR) is 77.7 cm³/mol. The smallest absolute Gasteiger partial charge is 0.293 e. The second-order valence-corrected chi connectivity index (χ2v) is 4.31. The SMILES string of the molecule is CN(c1ccccc1C#N)c1ccc(C=O)cc1[N+](=O)[O-]. The standard InChI is InChI=1S/C15H11N3O3/c1-17(13-5-3-2-4-12(13)9-16)14-7-6-11(10-19)8-15(14)18(20)21/h2-8,10H,1H3. The van der Waals surface area contributed by atoms with Crippen LogP contribution in [0.1, 0.15) is 15.9 Å². The number of nitro groups is 1. The Balaban J connectivity index is 2.58. The fraction of sp³-hybridized carbons (Fsp3) is 0.0667. The summed E-state index contributed by atoms with van der Waals surface area (Å²) in [4.78, 5) is 22.9. The normalized spacial score (nSPS) is 9.71. The van der Waals surface area contributed by atoms with Gasteiger partial charge in [0.25, 0.3) is 5.69 Å². The van der Waals surface area contributed by atoms with Gasteiger partial charge in [0.05, 0.1) is 16.2 Å². The molecule has 0 fully saturated rings. The second kappa shape index (κ2) is 5.84. The average molecular weight is 281 g/mol. The molecule has 0 aliphatic heterocycles. The zero-order valence-corrected chi connectivity index (χ0v) is 11.2. The van der Waals surface area contributed by atoms with E-state index in [0.29, 0.717) is 23.2 Å². The van der Waals surface area contributed by atoms with E-state index in [0.717, 1.165) is 0 Å². The Morgan fingerprint density at radius 2 is 1.95 bits per heavy atom. The molecule has 0 heterocycles. The van der Waals surface area contributed by atoms with E-state index in [4.69, 9.17) is 5.26 Å². The number of rotatable bonds is 4. The van der Waals surface area contributed by atoms with Gasteiger partial charge in [-0.3, -0.25) is 14.9 Å². The Bertz CT molecular complexity index is 750. The van der Waals surface area contributed by atoms with Crippen LogP contribution in [0.25, 0.3) is 0 Å². The van der Waals surface area contributed by atoms with Crippen LogP contribution in [0.5, 0.6) is 0 Å². The number of nitrogens with zero attached hydrogens (tertiary/aromatic N) is 3. The van der Waals surface area contributed by atoms with Gasteiger partial charge in [-0.25, -0.2) is 0 Å². The number of hydrogen-bond acceptors (Lipinski definition) is 5. The van der Waals surface area contributed by atoms with Gasteiger partial charge < -0.3 is 4.90 Å². The van der Waals surface area contributed by atoms with Crippen molar-refractivity contribution in [3.63, 3.8) is 0 Å². The number of aldehydes is 1. The van der Waals surface area contributed by atoms with Crippen molar-refractivity contribution in [3.05, 3.63) is 63.7 Å². The lowest BCUT2D eigenvalue weighted by Crippen LogP contribution is -2.13. The number of benzene rings is 2. The highest BCUT2D eigenvalue weighted by Crippen LogP contribution is 2.34. The molecule has 0 bridgehead atoms. The number of nitro benzene ring substituents is 1. The zero-order valence-electron chi connectivity index (χ0n) is 11.2. The third-order valence-corrected chi connectivity index (χ3v) is 3.08. The Morgan fingerprint density at radius 3 is 2.57 bits per heavy atom. The monoisotopic (exact) mass is 281 g/mol. The van der Waals surface area contributed by atoms with Crippen LogP contribution < -0.4 is 4.90 Å². The summed E-state index contributed by atoms with van der Waals surface area (Å²) >= 11 is 0. The molecule has 2 aromatic carbocycles. The third-order valence-electron chi connectivity index (χ3n) is 3.08. The average Bonchev–Trinajstić information content (AvgIpc) is 2.53. The summed E-state index contributed by atoms with van der Waals surface area (Å²) < 4.78 is 0. The molecule has 2 rings (SSSR count). The minimum Gasteiger partial charge on any atom is -0.338 e. The molecule has 0 aliphatic rings. The van der Waals surface area contributed by atoms with Crippen LogP contribution in [-0.2, 0) is 0 Å². The fourth-order valence-corrected chi connectivity index (χ4v) is 2.03. The molecule has 21 heavy (non-hydrogen) atoms. The number of anilines is 2. The maximum Gasteiger partial charge on any atom is 0.293 e. The summed E-state index contributed by atoms with van der Waals surface area (Å²) in [5.74, 6) is 0. The largest absolute Gasteiger partial charge is 0.338 e. The van der Waals surface area contributed by atoms with E-state index in [9.17, 15) is 14.9 Å².